The van der Waals surface area contributed by atoms with E-state index in [1.165, 1.54) is 5.56 Å². The van der Waals surface area contributed by atoms with Crippen LogP contribution in [0.4, 0.5) is 0 Å². The zero-order chi connectivity index (χ0) is 14.1. The minimum Gasteiger partial charge on any atom is -0.454 e. The lowest BCUT2D eigenvalue weighted by Gasteiger charge is -2.47. The fourth-order valence-corrected chi connectivity index (χ4v) is 4.84. The normalized spacial score (nSPS) is 40.0. The van der Waals surface area contributed by atoms with Gasteiger partial charge in [0.25, 0.3) is 0 Å². The minimum atomic E-state index is -0.689. The third-order valence-corrected chi connectivity index (χ3v) is 5.73. The summed E-state index contributed by atoms with van der Waals surface area (Å²) >= 11 is 0. The number of rotatable bonds is 0. The van der Waals surface area contributed by atoms with Crippen molar-refractivity contribution in [2.75, 3.05) is 13.3 Å². The number of nitrogens with zero attached hydrogens (tertiary/aromatic N) is 1. The standard InChI is InChI=1S/C16H19NO4/c18-11-3-8-1-2-17-6-9-4-12-13(21-7-20-12)5-10(9)14(15(8)17)16(11)19/h4-5,8,11,14-16,18-19H,1-3,6-7H2/t8-,11-,14+,15+,16+/m0/s1. The van der Waals surface area contributed by atoms with Gasteiger partial charge in [-0.05, 0) is 48.6 Å². The molecule has 1 saturated carbocycles. The summed E-state index contributed by atoms with van der Waals surface area (Å²) in [7, 11) is 0. The Morgan fingerprint density at radius 1 is 1.14 bits per heavy atom. The molecule has 5 nitrogen and oxygen atoms in total. The van der Waals surface area contributed by atoms with Crippen molar-refractivity contribution in [3.63, 3.8) is 0 Å². The van der Waals surface area contributed by atoms with E-state index in [2.05, 4.69) is 11.0 Å². The van der Waals surface area contributed by atoms with Gasteiger partial charge >= 0.3 is 0 Å². The summed E-state index contributed by atoms with van der Waals surface area (Å²) in [6.45, 7) is 2.23. The molecule has 0 aromatic heterocycles. The number of hydrogen-bond donors (Lipinski definition) is 2. The lowest BCUT2D eigenvalue weighted by atomic mass is 9.68. The largest absolute Gasteiger partial charge is 0.454 e. The summed E-state index contributed by atoms with van der Waals surface area (Å²) in [5.74, 6) is 2.05. The van der Waals surface area contributed by atoms with Gasteiger partial charge in [-0.2, -0.15) is 0 Å². The Kier molecular flexibility index (Phi) is 2.41. The van der Waals surface area contributed by atoms with Gasteiger partial charge in [-0.1, -0.05) is 0 Å². The summed E-state index contributed by atoms with van der Waals surface area (Å²) in [5.41, 5.74) is 2.34. The van der Waals surface area contributed by atoms with Crippen molar-refractivity contribution in [1.29, 1.82) is 0 Å². The van der Waals surface area contributed by atoms with E-state index in [1.807, 2.05) is 6.07 Å². The molecule has 5 heteroatoms. The molecule has 1 aromatic rings. The van der Waals surface area contributed by atoms with E-state index >= 15 is 0 Å². The molecule has 4 aliphatic rings. The summed E-state index contributed by atoms with van der Waals surface area (Å²) in [4.78, 5) is 2.47. The number of fused-ring (bicyclic) bond motifs is 3. The molecule has 0 unspecified atom stereocenters. The van der Waals surface area contributed by atoms with E-state index in [1.54, 1.807) is 0 Å². The van der Waals surface area contributed by atoms with Crippen LogP contribution in [0.25, 0.3) is 0 Å². The molecule has 2 fully saturated rings. The summed E-state index contributed by atoms with van der Waals surface area (Å²) in [5, 5.41) is 20.8. The lowest BCUT2D eigenvalue weighted by Crippen LogP contribution is -2.53. The average Bonchev–Trinajstić information content (AvgIpc) is 3.08. The maximum Gasteiger partial charge on any atom is 0.231 e. The molecule has 0 spiro atoms. The van der Waals surface area contributed by atoms with Crippen LogP contribution < -0.4 is 9.47 Å². The molecule has 112 valence electrons. The Balaban J connectivity index is 1.66. The number of benzene rings is 1. The topological polar surface area (TPSA) is 62.2 Å². The fourth-order valence-electron chi connectivity index (χ4n) is 4.84. The summed E-state index contributed by atoms with van der Waals surface area (Å²) in [6, 6.07) is 4.43. The number of hydrogen-bond acceptors (Lipinski definition) is 5. The Hall–Kier alpha value is -1.30. The molecule has 0 radical (unpaired) electrons. The van der Waals surface area contributed by atoms with Crippen molar-refractivity contribution < 1.29 is 19.7 Å². The van der Waals surface area contributed by atoms with Crippen molar-refractivity contribution >= 4 is 0 Å². The maximum atomic E-state index is 10.6. The van der Waals surface area contributed by atoms with Crippen LogP contribution in [0.5, 0.6) is 11.5 Å². The molecule has 21 heavy (non-hydrogen) atoms. The van der Waals surface area contributed by atoms with Crippen LogP contribution in [-0.2, 0) is 6.54 Å². The van der Waals surface area contributed by atoms with Crippen LogP contribution in [0, 0.1) is 5.92 Å². The predicted octanol–water partition coefficient (Wildman–Crippen LogP) is 0.828. The first-order valence-corrected chi connectivity index (χ1v) is 7.75. The second-order valence-corrected chi connectivity index (χ2v) is 6.73. The van der Waals surface area contributed by atoms with E-state index in [0.717, 1.165) is 43.0 Å². The zero-order valence-electron chi connectivity index (χ0n) is 11.7. The molecule has 1 saturated heterocycles. The van der Waals surface area contributed by atoms with Gasteiger partial charge in [-0.15, -0.1) is 0 Å². The second-order valence-electron chi connectivity index (χ2n) is 6.73. The molecular formula is C16H19NO4. The fraction of sp³-hybridized carbons (Fsp3) is 0.625. The molecular weight excluding hydrogens is 270 g/mol. The minimum absolute atomic E-state index is 0.0144. The molecule has 1 aliphatic carbocycles. The van der Waals surface area contributed by atoms with Crippen LogP contribution in [-0.4, -0.2) is 46.7 Å². The van der Waals surface area contributed by atoms with Gasteiger partial charge in [0, 0.05) is 18.5 Å². The van der Waals surface area contributed by atoms with E-state index in [9.17, 15) is 10.2 Å². The van der Waals surface area contributed by atoms with Crippen LogP contribution in [0.15, 0.2) is 12.1 Å². The number of aliphatic hydroxyl groups excluding tert-OH is 2. The third kappa shape index (κ3) is 1.57. The maximum absolute atomic E-state index is 10.6. The van der Waals surface area contributed by atoms with Crippen LogP contribution in [0.1, 0.15) is 29.9 Å². The molecule has 3 heterocycles. The van der Waals surface area contributed by atoms with Crippen molar-refractivity contribution in [3.05, 3.63) is 23.3 Å². The van der Waals surface area contributed by atoms with Crippen molar-refractivity contribution in [2.45, 2.75) is 43.6 Å². The van der Waals surface area contributed by atoms with Crippen LogP contribution in [0.2, 0.25) is 0 Å². The number of ether oxygens (including phenoxy) is 2. The second kappa shape index (κ2) is 4.12. The smallest absolute Gasteiger partial charge is 0.231 e. The molecule has 2 N–H and O–H groups in total. The third-order valence-electron chi connectivity index (χ3n) is 5.73. The lowest BCUT2D eigenvalue weighted by molar-refractivity contribution is -0.0657. The molecule has 1 aromatic carbocycles. The van der Waals surface area contributed by atoms with Gasteiger partial charge < -0.3 is 19.7 Å². The van der Waals surface area contributed by atoms with Crippen molar-refractivity contribution in [3.8, 4) is 11.5 Å². The highest BCUT2D eigenvalue weighted by atomic mass is 16.7. The van der Waals surface area contributed by atoms with Crippen LogP contribution in [0.3, 0.4) is 0 Å². The van der Waals surface area contributed by atoms with E-state index in [4.69, 9.17) is 9.47 Å². The highest BCUT2D eigenvalue weighted by molar-refractivity contribution is 5.52. The summed E-state index contributed by atoms with van der Waals surface area (Å²) in [6.07, 6.45) is 0.531. The average molecular weight is 289 g/mol. The van der Waals surface area contributed by atoms with E-state index in [0.29, 0.717) is 12.0 Å². The Bertz CT molecular complexity index is 604. The van der Waals surface area contributed by atoms with Crippen LogP contribution >= 0.6 is 0 Å². The SMILES string of the molecule is O[C@H]1[C@@H]2c3cc4c(cc3CN3CC[C@@H](C[C@@H]1O)[C@H]23)OCO4. The van der Waals surface area contributed by atoms with Crippen molar-refractivity contribution in [2.24, 2.45) is 5.92 Å². The quantitative estimate of drug-likeness (QED) is 0.741. The molecule has 0 bridgehead atoms. The van der Waals surface area contributed by atoms with Gasteiger partial charge in [0.1, 0.15) is 0 Å². The molecule has 3 aliphatic heterocycles. The Morgan fingerprint density at radius 3 is 2.81 bits per heavy atom. The van der Waals surface area contributed by atoms with E-state index < -0.39 is 12.2 Å². The Labute approximate surface area is 123 Å². The molecule has 0 amide bonds. The van der Waals surface area contributed by atoms with Gasteiger partial charge in [0.15, 0.2) is 11.5 Å². The monoisotopic (exact) mass is 289 g/mol. The van der Waals surface area contributed by atoms with Gasteiger partial charge in [0.2, 0.25) is 6.79 Å². The van der Waals surface area contributed by atoms with Crippen molar-refractivity contribution in [1.82, 2.24) is 4.90 Å². The molecule has 5 rings (SSSR count). The first kappa shape index (κ1) is 12.3. The number of aliphatic hydroxyl groups is 2. The summed E-state index contributed by atoms with van der Waals surface area (Å²) < 4.78 is 11.0. The van der Waals surface area contributed by atoms with Gasteiger partial charge in [0.05, 0.1) is 12.2 Å². The zero-order valence-corrected chi connectivity index (χ0v) is 11.7. The Morgan fingerprint density at radius 2 is 1.95 bits per heavy atom. The molecule has 5 atom stereocenters. The van der Waals surface area contributed by atoms with E-state index in [-0.39, 0.29) is 12.7 Å². The highest BCUT2D eigenvalue weighted by Crippen LogP contribution is 2.51. The van der Waals surface area contributed by atoms with Gasteiger partial charge in [-0.25, -0.2) is 0 Å². The van der Waals surface area contributed by atoms with Gasteiger partial charge in [-0.3, -0.25) is 4.90 Å². The first-order chi connectivity index (χ1) is 10.2. The predicted molar refractivity (Wildman–Crippen MR) is 74.2 cm³/mol. The first-order valence-electron chi connectivity index (χ1n) is 7.75. The highest BCUT2D eigenvalue weighted by Gasteiger charge is 2.52.